The van der Waals surface area contributed by atoms with E-state index in [0.717, 1.165) is 0 Å². The van der Waals surface area contributed by atoms with E-state index in [-0.39, 0.29) is 12.8 Å². The molecule has 2 amide bonds. The van der Waals surface area contributed by atoms with Gasteiger partial charge in [-0.2, -0.15) is 0 Å². The number of nitrogens with two attached hydrogens (primary N) is 1. The smallest absolute Gasteiger partial charge is 0.322 e. The molecule has 2 atom stereocenters. The molecule has 11 heteroatoms. The Morgan fingerprint density at radius 3 is 1.95 bits per heavy atom. The summed E-state index contributed by atoms with van der Waals surface area (Å²) in [4.78, 5) is 54.7. The lowest BCUT2D eigenvalue weighted by Gasteiger charge is -2.18. The van der Waals surface area contributed by atoms with Crippen molar-refractivity contribution >= 4 is 29.7 Å². The molecule has 0 aliphatic heterocycles. The second kappa shape index (κ2) is 9.28. The van der Waals surface area contributed by atoms with E-state index in [0.29, 0.717) is 0 Å². The molecule has 0 rings (SSSR count). The maximum absolute atomic E-state index is 11.7. The highest BCUT2D eigenvalue weighted by Crippen LogP contribution is 1.98. The predicted octanol–water partition coefficient (Wildman–Crippen LogP) is -2.66. The first-order valence-electron chi connectivity index (χ1n) is 6.12. The molecule has 0 radical (unpaired) electrons. The first kappa shape index (κ1) is 19.3. The van der Waals surface area contributed by atoms with Crippen LogP contribution in [0.1, 0.15) is 19.3 Å². The lowest BCUT2D eigenvalue weighted by molar-refractivity contribution is -0.141. The molecular formula is C11H17N3O8. The van der Waals surface area contributed by atoms with Gasteiger partial charge in [-0.1, -0.05) is 0 Å². The Morgan fingerprint density at radius 1 is 0.909 bits per heavy atom. The second-order valence-electron chi connectivity index (χ2n) is 4.31. The molecule has 0 aromatic rings. The van der Waals surface area contributed by atoms with E-state index in [9.17, 15) is 24.0 Å². The van der Waals surface area contributed by atoms with E-state index in [1.165, 1.54) is 0 Å². The second-order valence-corrected chi connectivity index (χ2v) is 4.31. The van der Waals surface area contributed by atoms with Crippen molar-refractivity contribution in [3.63, 3.8) is 0 Å². The highest BCUT2D eigenvalue weighted by atomic mass is 16.4. The summed E-state index contributed by atoms with van der Waals surface area (Å²) in [7, 11) is 0. The molecule has 0 bridgehead atoms. The summed E-state index contributed by atoms with van der Waals surface area (Å²) in [6.45, 7) is -0.740. The fourth-order valence-electron chi connectivity index (χ4n) is 1.36. The van der Waals surface area contributed by atoms with Crippen molar-refractivity contribution in [1.82, 2.24) is 10.6 Å². The molecule has 0 heterocycles. The number of carbonyl (C=O) groups excluding carboxylic acids is 2. The monoisotopic (exact) mass is 319 g/mol. The molecule has 124 valence electrons. The molecule has 22 heavy (non-hydrogen) atoms. The molecule has 0 aliphatic rings. The average Bonchev–Trinajstić information content (AvgIpc) is 2.40. The van der Waals surface area contributed by atoms with Gasteiger partial charge in [-0.25, -0.2) is 0 Å². The number of rotatable bonds is 10. The Kier molecular flexibility index (Phi) is 8.15. The molecule has 0 saturated heterocycles. The number of nitrogens with one attached hydrogen (secondary N) is 2. The van der Waals surface area contributed by atoms with Crippen LogP contribution < -0.4 is 16.4 Å². The number of carboxylic acids is 3. The van der Waals surface area contributed by atoms with Crippen molar-refractivity contribution in [2.75, 3.05) is 6.54 Å². The molecule has 0 unspecified atom stereocenters. The quantitative estimate of drug-likeness (QED) is 0.249. The van der Waals surface area contributed by atoms with Gasteiger partial charge in [0.05, 0.1) is 12.5 Å². The first-order valence-corrected chi connectivity index (χ1v) is 6.12. The summed E-state index contributed by atoms with van der Waals surface area (Å²) >= 11 is 0. The van der Waals surface area contributed by atoms with Gasteiger partial charge >= 0.3 is 17.9 Å². The normalized spacial score (nSPS) is 12.8. The summed E-state index contributed by atoms with van der Waals surface area (Å²) in [6.07, 6.45) is -1.34. The van der Waals surface area contributed by atoms with Crippen LogP contribution in [-0.2, 0) is 24.0 Å². The Hall–Kier alpha value is -2.69. The molecule has 0 saturated carbocycles. The van der Waals surface area contributed by atoms with Crippen molar-refractivity contribution in [2.45, 2.75) is 31.3 Å². The van der Waals surface area contributed by atoms with Crippen LogP contribution in [0.5, 0.6) is 0 Å². The van der Waals surface area contributed by atoms with Crippen LogP contribution in [0.4, 0.5) is 0 Å². The van der Waals surface area contributed by atoms with Crippen molar-refractivity contribution < 1.29 is 39.3 Å². The largest absolute Gasteiger partial charge is 0.481 e. The zero-order valence-corrected chi connectivity index (χ0v) is 11.4. The molecule has 0 fully saturated rings. The van der Waals surface area contributed by atoms with E-state index in [1.807, 2.05) is 5.32 Å². The first-order chi connectivity index (χ1) is 10.1. The van der Waals surface area contributed by atoms with Crippen LogP contribution in [0.15, 0.2) is 0 Å². The summed E-state index contributed by atoms with van der Waals surface area (Å²) in [5.74, 6) is -5.80. The molecule has 11 nitrogen and oxygen atoms in total. The number of hydrogen-bond donors (Lipinski definition) is 6. The van der Waals surface area contributed by atoms with Crippen LogP contribution in [0.2, 0.25) is 0 Å². The van der Waals surface area contributed by atoms with Gasteiger partial charge in [-0.15, -0.1) is 0 Å². The maximum atomic E-state index is 11.7. The van der Waals surface area contributed by atoms with Gasteiger partial charge in [0.25, 0.3) is 0 Å². The predicted molar refractivity (Wildman–Crippen MR) is 69.7 cm³/mol. The van der Waals surface area contributed by atoms with Gasteiger partial charge < -0.3 is 31.7 Å². The van der Waals surface area contributed by atoms with Crippen molar-refractivity contribution in [1.29, 1.82) is 0 Å². The number of carbonyl (C=O) groups is 5. The van der Waals surface area contributed by atoms with Gasteiger partial charge in [0.15, 0.2) is 0 Å². The van der Waals surface area contributed by atoms with Gasteiger partial charge in [-0.3, -0.25) is 24.0 Å². The molecule has 0 spiro atoms. The molecule has 7 N–H and O–H groups in total. The van der Waals surface area contributed by atoms with Gasteiger partial charge in [0, 0.05) is 6.42 Å². The summed E-state index contributed by atoms with van der Waals surface area (Å²) in [5, 5.41) is 29.6. The summed E-state index contributed by atoms with van der Waals surface area (Å²) in [5.41, 5.74) is 5.42. The zero-order valence-electron chi connectivity index (χ0n) is 11.4. The highest BCUT2D eigenvalue weighted by molar-refractivity contribution is 5.93. The minimum Gasteiger partial charge on any atom is -0.481 e. The Bertz CT molecular complexity index is 464. The standard InChI is InChI=1S/C11H17N3O8/c12-5(1-2-7(15)16)10(21)14-6(3-8(17)18)11(22)13-4-9(19)20/h5-6H,1-4,12H2,(H,13,22)(H,14,21)(H,15,16)(H,17,18)(H,19,20)/t5-,6-/m0/s1. The van der Waals surface area contributed by atoms with Gasteiger partial charge in [0.1, 0.15) is 12.6 Å². The highest BCUT2D eigenvalue weighted by Gasteiger charge is 2.26. The van der Waals surface area contributed by atoms with E-state index < -0.39 is 54.8 Å². The Balaban J connectivity index is 4.65. The number of hydrogen-bond acceptors (Lipinski definition) is 6. The topological polar surface area (TPSA) is 196 Å². The fraction of sp³-hybridized carbons (Fsp3) is 0.545. The van der Waals surface area contributed by atoms with Crippen molar-refractivity contribution in [3.8, 4) is 0 Å². The Morgan fingerprint density at radius 2 is 1.50 bits per heavy atom. The van der Waals surface area contributed by atoms with Gasteiger partial charge in [-0.05, 0) is 6.42 Å². The number of aliphatic carboxylic acids is 3. The van der Waals surface area contributed by atoms with Crippen molar-refractivity contribution in [2.24, 2.45) is 5.73 Å². The van der Waals surface area contributed by atoms with Gasteiger partial charge in [0.2, 0.25) is 11.8 Å². The summed E-state index contributed by atoms with van der Waals surface area (Å²) in [6, 6.07) is -2.75. The number of amides is 2. The van der Waals surface area contributed by atoms with Crippen molar-refractivity contribution in [3.05, 3.63) is 0 Å². The minimum absolute atomic E-state index is 0.197. The maximum Gasteiger partial charge on any atom is 0.322 e. The molecule has 0 aromatic carbocycles. The molecule has 0 aromatic heterocycles. The lowest BCUT2D eigenvalue weighted by atomic mass is 10.1. The lowest BCUT2D eigenvalue weighted by Crippen LogP contribution is -2.53. The van der Waals surface area contributed by atoms with Crippen LogP contribution >= 0.6 is 0 Å². The van der Waals surface area contributed by atoms with Crippen LogP contribution in [0.25, 0.3) is 0 Å². The third-order valence-corrected chi connectivity index (χ3v) is 2.43. The molecule has 0 aliphatic carbocycles. The fourth-order valence-corrected chi connectivity index (χ4v) is 1.36. The van der Waals surface area contributed by atoms with Crippen LogP contribution in [0, 0.1) is 0 Å². The third kappa shape index (κ3) is 8.47. The minimum atomic E-state index is -1.51. The van der Waals surface area contributed by atoms with E-state index in [2.05, 4.69) is 5.32 Å². The Labute approximate surface area is 124 Å². The third-order valence-electron chi connectivity index (χ3n) is 2.43. The SMILES string of the molecule is N[C@@H](CCC(=O)O)C(=O)N[C@@H](CC(=O)O)C(=O)NCC(=O)O. The molecular weight excluding hydrogens is 302 g/mol. The van der Waals surface area contributed by atoms with Crippen LogP contribution in [-0.4, -0.2) is 63.7 Å². The van der Waals surface area contributed by atoms with Crippen LogP contribution in [0.3, 0.4) is 0 Å². The van der Waals surface area contributed by atoms with E-state index in [4.69, 9.17) is 21.1 Å². The van der Waals surface area contributed by atoms with E-state index >= 15 is 0 Å². The van der Waals surface area contributed by atoms with E-state index in [1.54, 1.807) is 0 Å². The summed E-state index contributed by atoms with van der Waals surface area (Å²) < 4.78 is 0. The average molecular weight is 319 g/mol. The number of carboxylic acid groups (broad SMARTS) is 3. The zero-order chi connectivity index (χ0) is 17.3.